The second-order valence-electron chi connectivity index (χ2n) is 5.65. The Hall–Kier alpha value is -1.59. The van der Waals surface area contributed by atoms with Crippen LogP contribution in [0.2, 0.25) is 0 Å². The number of carbonyl (C=O) groups is 1. The van der Waals surface area contributed by atoms with E-state index >= 15 is 0 Å². The zero-order valence-corrected chi connectivity index (χ0v) is 12.2. The number of rotatable bonds is 5. The van der Waals surface area contributed by atoms with Crippen molar-refractivity contribution in [3.63, 3.8) is 0 Å². The maximum absolute atomic E-state index is 12.6. The zero-order chi connectivity index (χ0) is 14.7. The minimum Gasteiger partial charge on any atom is -0.377 e. The van der Waals surface area contributed by atoms with Gasteiger partial charge in [-0.3, -0.25) is 4.79 Å². The quantitative estimate of drug-likeness (QED) is 0.665. The molecule has 1 aromatic rings. The highest BCUT2D eigenvalue weighted by Crippen LogP contribution is 2.35. The Morgan fingerprint density at radius 3 is 3.24 bits per heavy atom. The number of aromatic amines is 1. The largest absolute Gasteiger partial charge is 0.377 e. The van der Waals surface area contributed by atoms with Crippen LogP contribution in [-0.2, 0) is 9.47 Å². The third-order valence-corrected chi connectivity index (χ3v) is 4.38. The van der Waals surface area contributed by atoms with E-state index in [1.807, 2.05) is 17.0 Å². The number of amides is 1. The van der Waals surface area contributed by atoms with Crippen LogP contribution in [0.3, 0.4) is 0 Å². The molecule has 0 bridgehead atoms. The molecule has 0 radical (unpaired) electrons. The van der Waals surface area contributed by atoms with Crippen LogP contribution in [0.4, 0.5) is 0 Å². The van der Waals surface area contributed by atoms with Crippen molar-refractivity contribution in [1.82, 2.24) is 9.88 Å². The van der Waals surface area contributed by atoms with Crippen LogP contribution in [0.15, 0.2) is 31.0 Å². The summed E-state index contributed by atoms with van der Waals surface area (Å²) < 4.78 is 11.5. The summed E-state index contributed by atoms with van der Waals surface area (Å²) in [6.07, 6.45) is 5.67. The lowest BCUT2D eigenvalue weighted by molar-refractivity contribution is -0.0739. The predicted molar refractivity (Wildman–Crippen MR) is 79.1 cm³/mol. The standard InChI is InChI=1S/C16H22N2O3/c1-2-9-20-11-12-5-6-14-15(12)21-10-8-18(14)16(19)13-4-3-7-17-13/h2-4,7,12,14-15,17H,1,5-6,8-11H2/t12-,14-,15+/m0/s1. The predicted octanol–water partition coefficient (Wildman–Crippen LogP) is 1.84. The molecule has 1 saturated carbocycles. The maximum atomic E-state index is 12.6. The number of morpholine rings is 1. The number of nitrogens with zero attached hydrogens (tertiary/aromatic N) is 1. The van der Waals surface area contributed by atoms with Crippen LogP contribution >= 0.6 is 0 Å². The SMILES string of the molecule is C=CCOC[C@@H]1CC[C@H]2[C@@H]1OCCN2C(=O)c1ccc[nH]1. The van der Waals surface area contributed by atoms with Gasteiger partial charge in [-0.2, -0.15) is 0 Å². The van der Waals surface area contributed by atoms with Gasteiger partial charge in [-0.05, 0) is 25.0 Å². The van der Waals surface area contributed by atoms with Gasteiger partial charge in [0, 0.05) is 18.7 Å². The van der Waals surface area contributed by atoms with Crippen molar-refractivity contribution in [3.05, 3.63) is 36.7 Å². The average Bonchev–Trinajstić information content (AvgIpc) is 3.16. The molecule has 21 heavy (non-hydrogen) atoms. The van der Waals surface area contributed by atoms with Crippen molar-refractivity contribution in [2.24, 2.45) is 5.92 Å². The molecule has 0 aromatic carbocycles. The second-order valence-corrected chi connectivity index (χ2v) is 5.65. The summed E-state index contributed by atoms with van der Waals surface area (Å²) in [4.78, 5) is 17.5. The van der Waals surface area contributed by atoms with Crippen LogP contribution in [0.25, 0.3) is 0 Å². The van der Waals surface area contributed by atoms with Crippen molar-refractivity contribution in [2.45, 2.75) is 25.0 Å². The topological polar surface area (TPSA) is 54.6 Å². The van der Waals surface area contributed by atoms with Crippen molar-refractivity contribution >= 4 is 5.91 Å². The van der Waals surface area contributed by atoms with Gasteiger partial charge in [0.15, 0.2) is 0 Å². The molecule has 114 valence electrons. The van der Waals surface area contributed by atoms with Gasteiger partial charge in [0.05, 0.1) is 32.0 Å². The molecule has 1 amide bonds. The van der Waals surface area contributed by atoms with E-state index in [1.165, 1.54) is 0 Å². The average molecular weight is 290 g/mol. The summed E-state index contributed by atoms with van der Waals surface area (Å²) in [6, 6.07) is 3.85. The number of H-pyrrole nitrogens is 1. The van der Waals surface area contributed by atoms with Crippen LogP contribution in [0, 0.1) is 5.92 Å². The van der Waals surface area contributed by atoms with Crippen molar-refractivity contribution < 1.29 is 14.3 Å². The summed E-state index contributed by atoms with van der Waals surface area (Å²) in [5.41, 5.74) is 0.655. The lowest BCUT2D eigenvalue weighted by Gasteiger charge is -2.39. The summed E-state index contributed by atoms with van der Waals surface area (Å²) in [5.74, 6) is 0.445. The Bertz CT molecular complexity index is 486. The van der Waals surface area contributed by atoms with E-state index in [0.717, 1.165) is 12.8 Å². The van der Waals surface area contributed by atoms with Gasteiger partial charge in [0.2, 0.25) is 0 Å². The second kappa shape index (κ2) is 6.45. The molecule has 2 fully saturated rings. The Balaban J connectivity index is 1.66. The van der Waals surface area contributed by atoms with Gasteiger partial charge in [0.1, 0.15) is 5.69 Å². The summed E-state index contributed by atoms with van der Waals surface area (Å²) >= 11 is 0. The van der Waals surface area contributed by atoms with E-state index in [9.17, 15) is 4.79 Å². The molecular formula is C16H22N2O3. The number of nitrogens with one attached hydrogen (secondary N) is 1. The first-order valence-electron chi connectivity index (χ1n) is 7.56. The summed E-state index contributed by atoms with van der Waals surface area (Å²) in [7, 11) is 0. The van der Waals surface area contributed by atoms with Gasteiger partial charge < -0.3 is 19.4 Å². The normalized spacial score (nSPS) is 28.4. The number of hydrogen-bond donors (Lipinski definition) is 1. The van der Waals surface area contributed by atoms with Gasteiger partial charge in [-0.15, -0.1) is 6.58 Å². The lowest BCUT2D eigenvalue weighted by atomic mass is 10.0. The van der Waals surface area contributed by atoms with Gasteiger partial charge in [0.25, 0.3) is 5.91 Å². The van der Waals surface area contributed by atoms with E-state index < -0.39 is 0 Å². The molecule has 0 unspecified atom stereocenters. The molecule has 2 aliphatic rings. The van der Waals surface area contributed by atoms with Crippen LogP contribution in [-0.4, -0.2) is 54.3 Å². The Labute approximate surface area is 124 Å². The summed E-state index contributed by atoms with van der Waals surface area (Å²) in [6.45, 7) is 6.17. The first-order valence-corrected chi connectivity index (χ1v) is 7.56. The molecule has 1 aliphatic carbocycles. The number of hydrogen-bond acceptors (Lipinski definition) is 3. The zero-order valence-electron chi connectivity index (χ0n) is 12.2. The fraction of sp³-hybridized carbons (Fsp3) is 0.562. The number of ether oxygens (including phenoxy) is 2. The van der Waals surface area contributed by atoms with E-state index in [1.54, 1.807) is 12.3 Å². The van der Waals surface area contributed by atoms with Crippen LogP contribution in [0.5, 0.6) is 0 Å². The van der Waals surface area contributed by atoms with Crippen molar-refractivity contribution in [1.29, 1.82) is 0 Å². The number of fused-ring (bicyclic) bond motifs is 1. The molecule has 1 aromatic heterocycles. The maximum Gasteiger partial charge on any atom is 0.270 e. The highest BCUT2D eigenvalue weighted by molar-refractivity contribution is 5.92. The summed E-state index contributed by atoms with van der Waals surface area (Å²) in [5, 5.41) is 0. The molecule has 0 spiro atoms. The monoisotopic (exact) mass is 290 g/mol. The molecule has 3 rings (SSSR count). The number of carbonyl (C=O) groups excluding carboxylic acids is 1. The Morgan fingerprint density at radius 1 is 1.57 bits per heavy atom. The molecule has 2 heterocycles. The molecule has 1 aliphatic heterocycles. The van der Waals surface area contributed by atoms with E-state index in [-0.39, 0.29) is 18.1 Å². The van der Waals surface area contributed by atoms with E-state index in [4.69, 9.17) is 9.47 Å². The Morgan fingerprint density at radius 2 is 2.48 bits per heavy atom. The fourth-order valence-electron chi connectivity index (χ4n) is 3.41. The Kier molecular flexibility index (Phi) is 4.41. The highest BCUT2D eigenvalue weighted by atomic mass is 16.5. The molecular weight excluding hydrogens is 268 g/mol. The third kappa shape index (κ3) is 2.89. The highest BCUT2D eigenvalue weighted by Gasteiger charge is 2.44. The minimum atomic E-state index is 0.0750. The molecule has 5 nitrogen and oxygen atoms in total. The van der Waals surface area contributed by atoms with Crippen molar-refractivity contribution in [2.75, 3.05) is 26.4 Å². The minimum absolute atomic E-state index is 0.0750. The van der Waals surface area contributed by atoms with Gasteiger partial charge in [-0.1, -0.05) is 6.08 Å². The lowest BCUT2D eigenvalue weighted by Crippen LogP contribution is -2.53. The number of aromatic nitrogens is 1. The first kappa shape index (κ1) is 14.4. The van der Waals surface area contributed by atoms with Crippen LogP contribution < -0.4 is 0 Å². The van der Waals surface area contributed by atoms with E-state index in [0.29, 0.717) is 38.0 Å². The van der Waals surface area contributed by atoms with Gasteiger partial charge >= 0.3 is 0 Å². The molecule has 3 atom stereocenters. The van der Waals surface area contributed by atoms with E-state index in [2.05, 4.69) is 11.6 Å². The van der Waals surface area contributed by atoms with Gasteiger partial charge in [-0.25, -0.2) is 0 Å². The fourth-order valence-corrected chi connectivity index (χ4v) is 3.41. The smallest absolute Gasteiger partial charge is 0.270 e. The van der Waals surface area contributed by atoms with Crippen molar-refractivity contribution in [3.8, 4) is 0 Å². The molecule has 1 saturated heterocycles. The molecule has 1 N–H and O–H groups in total. The first-order chi connectivity index (χ1) is 10.3. The molecule has 5 heteroatoms. The third-order valence-electron chi connectivity index (χ3n) is 4.38. The van der Waals surface area contributed by atoms with Crippen LogP contribution in [0.1, 0.15) is 23.3 Å².